The average molecular weight is 550 g/mol. The van der Waals surface area contributed by atoms with Gasteiger partial charge in [0.1, 0.15) is 5.82 Å². The largest absolute Gasteiger partial charge is 0.357 e. The van der Waals surface area contributed by atoms with E-state index in [1.165, 1.54) is 0 Å². The zero-order valence-corrected chi connectivity index (χ0v) is 21.6. The van der Waals surface area contributed by atoms with Crippen molar-refractivity contribution in [2.24, 2.45) is 10.9 Å². The van der Waals surface area contributed by atoms with E-state index >= 15 is 0 Å². The van der Waals surface area contributed by atoms with Gasteiger partial charge in [-0.1, -0.05) is 32.0 Å². The summed E-state index contributed by atoms with van der Waals surface area (Å²) in [5.41, 5.74) is 1.90. The highest BCUT2D eigenvalue weighted by Gasteiger charge is 2.20. The Labute approximate surface area is 208 Å². The lowest BCUT2D eigenvalue weighted by atomic mass is 10.1. The third kappa shape index (κ3) is 7.96. The Morgan fingerprint density at radius 2 is 1.91 bits per heavy atom. The highest BCUT2D eigenvalue weighted by atomic mass is 127. The minimum atomic E-state index is 0. The fraction of sp³-hybridized carbons (Fsp3) is 0.458. The molecular weight excluding hydrogens is 515 g/mol. The molecule has 0 unspecified atom stereocenters. The second-order valence-electron chi connectivity index (χ2n) is 8.18. The Balaban J connectivity index is 0.00000363. The number of aliphatic imine (C=N–C) groups is 1. The predicted molar refractivity (Wildman–Crippen MR) is 143 cm³/mol. The van der Waals surface area contributed by atoms with Crippen molar-refractivity contribution in [2.45, 2.75) is 33.7 Å². The fourth-order valence-electron chi connectivity index (χ4n) is 3.61. The highest BCUT2D eigenvalue weighted by Crippen LogP contribution is 2.15. The number of piperazine rings is 1. The van der Waals surface area contributed by atoms with Gasteiger partial charge in [0.2, 0.25) is 5.91 Å². The van der Waals surface area contributed by atoms with E-state index < -0.39 is 0 Å². The zero-order chi connectivity index (χ0) is 22.1. The minimum absolute atomic E-state index is 0. The molecule has 2 N–H and O–H groups in total. The molecule has 0 aliphatic carbocycles. The van der Waals surface area contributed by atoms with Gasteiger partial charge in [-0.05, 0) is 42.7 Å². The number of aromatic nitrogens is 1. The third-order valence-electron chi connectivity index (χ3n) is 5.10. The van der Waals surface area contributed by atoms with Gasteiger partial charge in [-0.2, -0.15) is 0 Å². The Kier molecular flexibility index (Phi) is 10.7. The minimum Gasteiger partial charge on any atom is -0.357 e. The molecule has 0 radical (unpaired) electrons. The number of guanidine groups is 1. The van der Waals surface area contributed by atoms with E-state index in [0.29, 0.717) is 18.9 Å². The molecule has 1 saturated heterocycles. The van der Waals surface area contributed by atoms with E-state index in [9.17, 15) is 4.79 Å². The van der Waals surface area contributed by atoms with Gasteiger partial charge < -0.3 is 20.4 Å². The lowest BCUT2D eigenvalue weighted by Crippen LogP contribution is -2.52. The molecule has 1 aromatic heterocycles. The summed E-state index contributed by atoms with van der Waals surface area (Å²) in [7, 11) is 0. The summed E-state index contributed by atoms with van der Waals surface area (Å²) >= 11 is 0. The summed E-state index contributed by atoms with van der Waals surface area (Å²) in [5.74, 6) is 2.35. The van der Waals surface area contributed by atoms with Gasteiger partial charge in [-0.15, -0.1) is 24.0 Å². The van der Waals surface area contributed by atoms with Crippen molar-refractivity contribution < 1.29 is 4.79 Å². The lowest BCUT2D eigenvalue weighted by molar-refractivity contribution is -0.116. The van der Waals surface area contributed by atoms with Gasteiger partial charge in [0.15, 0.2) is 5.96 Å². The van der Waals surface area contributed by atoms with Crippen LogP contribution in [-0.4, -0.2) is 54.5 Å². The van der Waals surface area contributed by atoms with Crippen LogP contribution in [0.15, 0.2) is 53.7 Å². The molecule has 174 valence electrons. The highest BCUT2D eigenvalue weighted by molar-refractivity contribution is 14.0. The smallest absolute Gasteiger partial charge is 0.224 e. The number of rotatable bonds is 7. The van der Waals surface area contributed by atoms with E-state index in [2.05, 4.69) is 38.4 Å². The molecule has 0 spiro atoms. The number of hydrogen-bond donors (Lipinski definition) is 2. The number of nitrogens with one attached hydrogen (secondary N) is 2. The van der Waals surface area contributed by atoms with Gasteiger partial charge in [0.25, 0.3) is 0 Å². The van der Waals surface area contributed by atoms with Crippen LogP contribution in [0.5, 0.6) is 0 Å². The van der Waals surface area contributed by atoms with Gasteiger partial charge in [0, 0.05) is 51.0 Å². The maximum atomic E-state index is 12.1. The first kappa shape index (κ1) is 25.9. The molecule has 0 bridgehead atoms. The second-order valence-corrected chi connectivity index (χ2v) is 8.18. The van der Waals surface area contributed by atoms with E-state index in [1.807, 2.05) is 56.4 Å². The number of carbonyl (C=O) groups is 1. The molecule has 8 heteroatoms. The zero-order valence-electron chi connectivity index (χ0n) is 19.3. The maximum Gasteiger partial charge on any atom is 0.224 e. The summed E-state index contributed by atoms with van der Waals surface area (Å²) in [6.07, 6.45) is 2.37. The summed E-state index contributed by atoms with van der Waals surface area (Å²) in [6.45, 7) is 11.2. The number of hydrogen-bond acceptors (Lipinski definition) is 4. The van der Waals surface area contributed by atoms with Gasteiger partial charge >= 0.3 is 0 Å². The van der Waals surface area contributed by atoms with Crippen LogP contribution in [0.4, 0.5) is 11.5 Å². The lowest BCUT2D eigenvalue weighted by Gasteiger charge is -2.37. The van der Waals surface area contributed by atoms with Crippen LogP contribution in [0.3, 0.4) is 0 Å². The van der Waals surface area contributed by atoms with Crippen LogP contribution < -0.4 is 15.5 Å². The molecule has 7 nitrogen and oxygen atoms in total. The van der Waals surface area contributed by atoms with Crippen molar-refractivity contribution >= 4 is 47.3 Å². The predicted octanol–water partition coefficient (Wildman–Crippen LogP) is 3.97. The topological polar surface area (TPSA) is 72.9 Å². The molecule has 2 aromatic rings. The van der Waals surface area contributed by atoms with E-state index in [0.717, 1.165) is 55.8 Å². The van der Waals surface area contributed by atoms with Crippen molar-refractivity contribution in [3.05, 3.63) is 54.2 Å². The van der Waals surface area contributed by atoms with Crippen LogP contribution in [0.2, 0.25) is 0 Å². The Morgan fingerprint density at radius 1 is 1.12 bits per heavy atom. The standard InChI is InChI=1S/C24H34N6O.HI/c1-4-25-24(30-14-12-29(13-15-30)22-10-5-6-11-26-22)27-18-20-8-7-9-21(17-20)28-23(31)16-19(2)3;/h5-11,17,19H,4,12-16,18H2,1-3H3,(H,25,27)(H,28,31);1H. The quantitative estimate of drug-likeness (QED) is 0.310. The van der Waals surface area contributed by atoms with Crippen LogP contribution in [0, 0.1) is 5.92 Å². The van der Waals surface area contributed by atoms with Crippen molar-refractivity contribution in [1.82, 2.24) is 15.2 Å². The Morgan fingerprint density at radius 3 is 2.56 bits per heavy atom. The normalized spacial score (nSPS) is 14.2. The first-order valence-corrected chi connectivity index (χ1v) is 11.1. The van der Waals surface area contributed by atoms with Gasteiger partial charge in [-0.25, -0.2) is 9.98 Å². The van der Waals surface area contributed by atoms with Gasteiger partial charge in [-0.3, -0.25) is 4.79 Å². The fourth-order valence-corrected chi connectivity index (χ4v) is 3.61. The third-order valence-corrected chi connectivity index (χ3v) is 5.10. The van der Waals surface area contributed by atoms with E-state index in [4.69, 9.17) is 4.99 Å². The monoisotopic (exact) mass is 550 g/mol. The van der Waals surface area contributed by atoms with E-state index in [-0.39, 0.29) is 29.9 Å². The first-order valence-electron chi connectivity index (χ1n) is 11.1. The van der Waals surface area contributed by atoms with Crippen LogP contribution in [0.1, 0.15) is 32.8 Å². The van der Waals surface area contributed by atoms with Crippen molar-refractivity contribution in [3.63, 3.8) is 0 Å². The Hall–Kier alpha value is -2.36. The molecule has 1 fully saturated rings. The van der Waals surface area contributed by atoms with Crippen molar-refractivity contribution in [3.8, 4) is 0 Å². The molecule has 2 heterocycles. The molecule has 3 rings (SSSR count). The second kappa shape index (κ2) is 13.2. The number of benzene rings is 1. The van der Waals surface area contributed by atoms with Crippen LogP contribution in [-0.2, 0) is 11.3 Å². The number of carbonyl (C=O) groups excluding carboxylic acids is 1. The molecule has 1 aliphatic rings. The molecule has 1 aromatic carbocycles. The summed E-state index contributed by atoms with van der Waals surface area (Å²) < 4.78 is 0. The number of nitrogens with zero attached hydrogens (tertiary/aromatic N) is 4. The number of pyridine rings is 1. The molecule has 1 amide bonds. The van der Waals surface area contributed by atoms with Gasteiger partial charge in [0.05, 0.1) is 6.54 Å². The number of halogens is 1. The summed E-state index contributed by atoms with van der Waals surface area (Å²) in [4.78, 5) is 26.0. The molecule has 1 aliphatic heterocycles. The SMILES string of the molecule is CCNC(=NCc1cccc(NC(=O)CC(C)C)c1)N1CCN(c2ccccn2)CC1.I. The van der Waals surface area contributed by atoms with Crippen molar-refractivity contribution in [2.75, 3.05) is 42.9 Å². The van der Waals surface area contributed by atoms with E-state index in [1.54, 1.807) is 0 Å². The number of anilines is 2. The maximum absolute atomic E-state index is 12.1. The molecule has 0 saturated carbocycles. The summed E-state index contributed by atoms with van der Waals surface area (Å²) in [6, 6.07) is 14.0. The molecule has 32 heavy (non-hydrogen) atoms. The molecule has 0 atom stereocenters. The summed E-state index contributed by atoms with van der Waals surface area (Å²) in [5, 5.41) is 6.40. The first-order chi connectivity index (χ1) is 15.0. The van der Waals surface area contributed by atoms with Crippen molar-refractivity contribution in [1.29, 1.82) is 0 Å². The molecular formula is C24H35IN6O. The average Bonchev–Trinajstić information content (AvgIpc) is 2.77. The number of amides is 1. The Bertz CT molecular complexity index is 866. The van der Waals surface area contributed by atoms with Crippen LogP contribution >= 0.6 is 24.0 Å². The van der Waals surface area contributed by atoms with Crippen LogP contribution in [0.25, 0.3) is 0 Å².